The van der Waals surface area contributed by atoms with E-state index in [1.165, 1.54) is 11.8 Å². The molecule has 4 aromatic rings. The lowest BCUT2D eigenvalue weighted by atomic mass is 10.2. The van der Waals surface area contributed by atoms with Crippen LogP contribution in [0.25, 0.3) is 10.2 Å². The van der Waals surface area contributed by atoms with Crippen molar-refractivity contribution >= 4 is 60.6 Å². The Bertz CT molecular complexity index is 1560. The highest BCUT2D eigenvalue weighted by Gasteiger charge is 2.27. The molecule has 1 heterocycles. The number of sulfonamides is 1. The van der Waals surface area contributed by atoms with Crippen LogP contribution in [0.5, 0.6) is 0 Å². The van der Waals surface area contributed by atoms with Crippen LogP contribution in [-0.4, -0.2) is 31.7 Å². The first kappa shape index (κ1) is 26.0. The third-order valence-corrected chi connectivity index (χ3v) is 9.12. The standard InChI is InChI=1S/C26H27N3O4S3/c1-17(2)29-23-14-7-19(15-24(23)35-26(29)31)27-25(30)16-28(20-8-5-18(3)6-9-20)36(32,33)22-12-10-21(34-4)11-13-22/h5-15,17H,16H2,1-4H3,(H,27,30). The smallest absolute Gasteiger partial charge is 0.308 e. The number of benzene rings is 3. The molecule has 0 spiro atoms. The fourth-order valence-corrected chi connectivity index (χ4v) is 6.72. The molecule has 0 aliphatic heterocycles. The van der Waals surface area contributed by atoms with Crippen molar-refractivity contribution in [3.05, 3.63) is 82.0 Å². The summed E-state index contributed by atoms with van der Waals surface area (Å²) in [7, 11) is -4.01. The van der Waals surface area contributed by atoms with Gasteiger partial charge in [0.25, 0.3) is 10.0 Å². The van der Waals surface area contributed by atoms with E-state index >= 15 is 0 Å². The van der Waals surface area contributed by atoms with Gasteiger partial charge in [0.1, 0.15) is 6.54 Å². The van der Waals surface area contributed by atoms with Crippen LogP contribution in [0.2, 0.25) is 0 Å². The van der Waals surface area contributed by atoms with E-state index in [0.29, 0.717) is 11.4 Å². The molecular weight excluding hydrogens is 515 g/mol. The predicted molar refractivity (Wildman–Crippen MR) is 149 cm³/mol. The molecule has 0 aliphatic carbocycles. The maximum atomic E-state index is 13.6. The number of carbonyl (C=O) groups is 1. The molecule has 0 atom stereocenters. The molecule has 0 unspecified atom stereocenters. The highest BCUT2D eigenvalue weighted by Crippen LogP contribution is 2.27. The minimum atomic E-state index is -4.01. The monoisotopic (exact) mass is 541 g/mol. The summed E-state index contributed by atoms with van der Waals surface area (Å²) in [6, 6.07) is 18.9. The van der Waals surface area contributed by atoms with E-state index in [9.17, 15) is 18.0 Å². The van der Waals surface area contributed by atoms with E-state index in [0.717, 1.165) is 36.3 Å². The van der Waals surface area contributed by atoms with Gasteiger partial charge in [-0.2, -0.15) is 0 Å². The normalized spacial score (nSPS) is 11.7. The minimum absolute atomic E-state index is 0.0185. The highest BCUT2D eigenvalue weighted by molar-refractivity contribution is 7.98. The van der Waals surface area contributed by atoms with Gasteiger partial charge in [-0.05, 0) is 81.6 Å². The van der Waals surface area contributed by atoms with Gasteiger partial charge in [-0.25, -0.2) is 8.42 Å². The van der Waals surface area contributed by atoms with Crippen molar-refractivity contribution < 1.29 is 13.2 Å². The Morgan fingerprint density at radius 2 is 1.72 bits per heavy atom. The maximum absolute atomic E-state index is 13.6. The van der Waals surface area contributed by atoms with Gasteiger partial charge in [0, 0.05) is 16.6 Å². The van der Waals surface area contributed by atoms with Gasteiger partial charge < -0.3 is 5.32 Å². The van der Waals surface area contributed by atoms with Crippen LogP contribution in [0, 0.1) is 6.92 Å². The van der Waals surface area contributed by atoms with Gasteiger partial charge in [-0.15, -0.1) is 11.8 Å². The number of anilines is 2. The fraction of sp³-hybridized carbons (Fsp3) is 0.231. The summed E-state index contributed by atoms with van der Waals surface area (Å²) in [5.41, 5.74) is 2.67. The van der Waals surface area contributed by atoms with Crippen LogP contribution in [0.15, 0.2) is 81.3 Å². The molecule has 7 nitrogen and oxygen atoms in total. The lowest BCUT2D eigenvalue weighted by Gasteiger charge is -2.24. The average molecular weight is 542 g/mol. The number of hydrogen-bond acceptors (Lipinski definition) is 6. The molecule has 0 saturated carbocycles. The SMILES string of the molecule is CSc1ccc(S(=O)(=O)N(CC(=O)Nc2ccc3c(c2)sc(=O)n3C(C)C)c2ccc(C)cc2)cc1. The van der Waals surface area contributed by atoms with E-state index in [4.69, 9.17) is 0 Å². The molecule has 0 bridgehead atoms. The summed E-state index contributed by atoms with van der Waals surface area (Å²) in [4.78, 5) is 26.4. The zero-order valence-corrected chi connectivity index (χ0v) is 22.8. The number of hydrogen-bond donors (Lipinski definition) is 1. The second-order valence-electron chi connectivity index (χ2n) is 8.59. The van der Waals surface area contributed by atoms with E-state index in [2.05, 4.69) is 5.32 Å². The predicted octanol–water partition coefficient (Wildman–Crippen LogP) is 5.51. The molecule has 0 aliphatic rings. The molecule has 4 rings (SSSR count). The molecule has 1 N–H and O–H groups in total. The first-order valence-corrected chi connectivity index (χ1v) is 14.8. The summed E-state index contributed by atoms with van der Waals surface area (Å²) < 4.78 is 30.7. The van der Waals surface area contributed by atoms with E-state index in [1.54, 1.807) is 59.2 Å². The zero-order valence-electron chi connectivity index (χ0n) is 20.4. The summed E-state index contributed by atoms with van der Waals surface area (Å²) in [5, 5.41) is 2.79. The van der Waals surface area contributed by atoms with Crippen molar-refractivity contribution in [2.75, 3.05) is 22.4 Å². The molecule has 0 radical (unpaired) electrons. The molecule has 0 saturated heterocycles. The van der Waals surface area contributed by atoms with E-state index in [1.807, 2.05) is 39.2 Å². The summed E-state index contributed by atoms with van der Waals surface area (Å²) in [6.07, 6.45) is 1.92. The van der Waals surface area contributed by atoms with Gasteiger partial charge in [0.15, 0.2) is 0 Å². The summed E-state index contributed by atoms with van der Waals surface area (Å²) >= 11 is 2.63. The Labute approximate surface area is 218 Å². The molecule has 1 amide bonds. The first-order valence-electron chi connectivity index (χ1n) is 11.3. The van der Waals surface area contributed by atoms with Crippen LogP contribution in [0.4, 0.5) is 11.4 Å². The minimum Gasteiger partial charge on any atom is -0.324 e. The molecule has 3 aromatic carbocycles. The van der Waals surface area contributed by atoms with Crippen molar-refractivity contribution in [1.82, 2.24) is 4.57 Å². The van der Waals surface area contributed by atoms with Gasteiger partial charge in [0.05, 0.1) is 20.8 Å². The summed E-state index contributed by atoms with van der Waals surface area (Å²) in [5.74, 6) is -0.491. The van der Waals surface area contributed by atoms with Crippen LogP contribution in [0.3, 0.4) is 0 Å². The number of thiazole rings is 1. The second-order valence-corrected chi connectivity index (χ2v) is 12.3. The number of nitrogens with zero attached hydrogens (tertiary/aromatic N) is 2. The van der Waals surface area contributed by atoms with E-state index in [-0.39, 0.29) is 15.8 Å². The van der Waals surface area contributed by atoms with Gasteiger partial charge in [-0.3, -0.25) is 18.5 Å². The number of aryl methyl sites for hydroxylation is 1. The Balaban J connectivity index is 1.64. The highest BCUT2D eigenvalue weighted by atomic mass is 32.2. The zero-order chi connectivity index (χ0) is 26.0. The Hall–Kier alpha value is -3.08. The largest absolute Gasteiger partial charge is 0.324 e. The van der Waals surface area contributed by atoms with Gasteiger partial charge >= 0.3 is 4.87 Å². The van der Waals surface area contributed by atoms with Crippen molar-refractivity contribution in [1.29, 1.82) is 0 Å². The number of rotatable bonds is 8. The summed E-state index contributed by atoms with van der Waals surface area (Å²) in [6.45, 7) is 5.39. The number of aromatic nitrogens is 1. The van der Waals surface area contributed by atoms with Crippen molar-refractivity contribution in [2.24, 2.45) is 0 Å². The van der Waals surface area contributed by atoms with Crippen LogP contribution < -0.4 is 14.5 Å². The Kier molecular flexibility index (Phi) is 7.58. The Morgan fingerprint density at radius 3 is 2.33 bits per heavy atom. The molecule has 10 heteroatoms. The van der Waals surface area contributed by atoms with Crippen LogP contribution >= 0.6 is 23.1 Å². The number of thioether (sulfide) groups is 1. The molecule has 36 heavy (non-hydrogen) atoms. The maximum Gasteiger partial charge on any atom is 0.308 e. The second kappa shape index (κ2) is 10.5. The third-order valence-electron chi connectivity index (χ3n) is 5.67. The van der Waals surface area contributed by atoms with E-state index < -0.39 is 22.5 Å². The van der Waals surface area contributed by atoms with Gasteiger partial charge in [0.2, 0.25) is 5.91 Å². The molecule has 188 valence electrons. The van der Waals surface area contributed by atoms with Crippen LogP contribution in [0.1, 0.15) is 25.5 Å². The Morgan fingerprint density at radius 1 is 1.06 bits per heavy atom. The lowest BCUT2D eigenvalue weighted by molar-refractivity contribution is -0.114. The quantitative estimate of drug-likeness (QED) is 0.297. The third kappa shape index (κ3) is 5.35. The molecule has 0 fully saturated rings. The lowest BCUT2D eigenvalue weighted by Crippen LogP contribution is -2.38. The molecule has 1 aromatic heterocycles. The van der Waals surface area contributed by atoms with Crippen molar-refractivity contribution in [3.63, 3.8) is 0 Å². The number of amides is 1. The van der Waals surface area contributed by atoms with Gasteiger partial charge in [-0.1, -0.05) is 29.0 Å². The topological polar surface area (TPSA) is 88.5 Å². The van der Waals surface area contributed by atoms with Crippen molar-refractivity contribution in [2.45, 2.75) is 36.6 Å². The number of fused-ring (bicyclic) bond motifs is 1. The van der Waals surface area contributed by atoms with Crippen molar-refractivity contribution in [3.8, 4) is 0 Å². The number of nitrogens with one attached hydrogen (secondary N) is 1. The fourth-order valence-electron chi connectivity index (χ4n) is 3.84. The average Bonchev–Trinajstić information content (AvgIpc) is 3.18. The van der Waals surface area contributed by atoms with Crippen LogP contribution in [-0.2, 0) is 14.8 Å². The first-order chi connectivity index (χ1) is 17.1. The number of carbonyl (C=O) groups excluding carboxylic acids is 1. The molecular formula is C26H27N3O4S3.